The van der Waals surface area contributed by atoms with Crippen LogP contribution in [0.15, 0.2) is 47.4 Å². The minimum absolute atomic E-state index is 0.130. The maximum atomic E-state index is 12.1. The fourth-order valence-electron chi connectivity index (χ4n) is 2.01. The van der Waals surface area contributed by atoms with E-state index < -0.39 is 18.0 Å². The normalized spacial score (nSPS) is 11.7. The quantitative estimate of drug-likeness (QED) is 0.552. The van der Waals surface area contributed by atoms with Gasteiger partial charge in [0, 0.05) is 20.6 Å². The molecule has 0 bridgehead atoms. The van der Waals surface area contributed by atoms with E-state index in [9.17, 15) is 9.59 Å². The summed E-state index contributed by atoms with van der Waals surface area (Å²) in [6.45, 7) is 3.48. The van der Waals surface area contributed by atoms with Gasteiger partial charge in [0.15, 0.2) is 6.10 Å². The van der Waals surface area contributed by atoms with Gasteiger partial charge < -0.3 is 10.1 Å². The van der Waals surface area contributed by atoms with Crippen molar-refractivity contribution in [2.75, 3.05) is 11.1 Å². The van der Waals surface area contributed by atoms with Crippen LogP contribution in [0, 0.1) is 6.92 Å². The molecule has 132 valence electrons. The fraction of sp³-hybridized carbons (Fsp3) is 0.222. The van der Waals surface area contributed by atoms with Gasteiger partial charge in [0.2, 0.25) is 0 Å². The van der Waals surface area contributed by atoms with E-state index in [0.717, 1.165) is 10.5 Å². The molecule has 0 aliphatic carbocycles. The van der Waals surface area contributed by atoms with Gasteiger partial charge in [-0.25, -0.2) is 0 Å². The zero-order valence-corrected chi connectivity index (χ0v) is 16.0. The van der Waals surface area contributed by atoms with E-state index in [0.29, 0.717) is 15.7 Å². The fourth-order valence-corrected chi connectivity index (χ4v) is 3.35. The first-order valence-electron chi connectivity index (χ1n) is 7.50. The third-order valence-corrected chi connectivity index (χ3v) is 4.83. The Morgan fingerprint density at radius 1 is 1.16 bits per heavy atom. The number of thioether (sulfide) groups is 1. The summed E-state index contributed by atoms with van der Waals surface area (Å²) in [5.74, 6) is -0.779. The van der Waals surface area contributed by atoms with E-state index in [4.69, 9.17) is 27.9 Å². The Labute approximate surface area is 160 Å². The molecule has 0 spiro atoms. The largest absolute Gasteiger partial charge is 0.452 e. The van der Waals surface area contributed by atoms with Gasteiger partial charge in [-0.3, -0.25) is 9.59 Å². The summed E-state index contributed by atoms with van der Waals surface area (Å²) in [7, 11) is 0. The maximum Gasteiger partial charge on any atom is 0.317 e. The first-order chi connectivity index (χ1) is 11.8. The van der Waals surface area contributed by atoms with E-state index in [1.807, 2.05) is 31.2 Å². The molecule has 2 rings (SSSR count). The molecule has 2 aromatic carbocycles. The zero-order chi connectivity index (χ0) is 18.4. The number of amides is 1. The molecule has 0 saturated heterocycles. The SMILES string of the molecule is Cc1ccccc1SCC(=O)O[C@@H](C)C(=O)Nc1cc(Cl)cc(Cl)c1. The predicted octanol–water partition coefficient (Wildman–Crippen LogP) is 4.96. The molecule has 7 heteroatoms. The Bertz CT molecular complexity index is 762. The van der Waals surface area contributed by atoms with Crippen molar-refractivity contribution in [2.45, 2.75) is 24.8 Å². The monoisotopic (exact) mass is 397 g/mol. The molecule has 0 heterocycles. The number of rotatable bonds is 6. The summed E-state index contributed by atoms with van der Waals surface area (Å²) in [5, 5.41) is 3.43. The molecule has 0 saturated carbocycles. The molecule has 0 radical (unpaired) electrons. The van der Waals surface area contributed by atoms with Gasteiger partial charge in [-0.05, 0) is 43.7 Å². The number of aryl methyl sites for hydroxylation is 1. The maximum absolute atomic E-state index is 12.1. The van der Waals surface area contributed by atoms with Crippen LogP contribution in [0.1, 0.15) is 12.5 Å². The molecule has 0 aliphatic rings. The van der Waals surface area contributed by atoms with Crippen LogP contribution in [0.2, 0.25) is 10.0 Å². The minimum atomic E-state index is -0.928. The Kier molecular flexibility index (Phi) is 7.17. The molecule has 4 nitrogen and oxygen atoms in total. The topological polar surface area (TPSA) is 55.4 Å². The second-order valence-electron chi connectivity index (χ2n) is 5.33. The Balaban J connectivity index is 1.85. The summed E-state index contributed by atoms with van der Waals surface area (Å²) in [6, 6.07) is 12.4. The number of benzene rings is 2. The molecule has 0 unspecified atom stereocenters. The van der Waals surface area contributed by atoms with Crippen LogP contribution >= 0.6 is 35.0 Å². The Morgan fingerprint density at radius 2 is 1.80 bits per heavy atom. The summed E-state index contributed by atoms with van der Waals surface area (Å²) in [4.78, 5) is 25.1. The number of nitrogens with one attached hydrogen (secondary N) is 1. The molecule has 1 atom stereocenters. The smallest absolute Gasteiger partial charge is 0.317 e. The van der Waals surface area contributed by atoms with Crippen molar-refractivity contribution in [1.82, 2.24) is 0 Å². The van der Waals surface area contributed by atoms with Crippen LogP contribution in [0.25, 0.3) is 0 Å². The summed E-state index contributed by atoms with van der Waals surface area (Å²) in [6.07, 6.45) is -0.928. The zero-order valence-electron chi connectivity index (χ0n) is 13.7. The molecular formula is C18H17Cl2NO3S. The van der Waals surface area contributed by atoms with Gasteiger partial charge in [-0.2, -0.15) is 0 Å². The van der Waals surface area contributed by atoms with E-state index in [-0.39, 0.29) is 5.75 Å². The number of halogens is 2. The Hall–Kier alpha value is -1.69. The van der Waals surface area contributed by atoms with Crippen molar-refractivity contribution < 1.29 is 14.3 Å². The lowest BCUT2D eigenvalue weighted by Gasteiger charge is -2.14. The lowest BCUT2D eigenvalue weighted by atomic mass is 10.2. The van der Waals surface area contributed by atoms with Crippen molar-refractivity contribution in [1.29, 1.82) is 0 Å². The molecule has 1 amide bonds. The van der Waals surface area contributed by atoms with Crippen LogP contribution in [-0.2, 0) is 14.3 Å². The van der Waals surface area contributed by atoms with Crippen LogP contribution in [0.4, 0.5) is 5.69 Å². The van der Waals surface area contributed by atoms with Gasteiger partial charge in [-0.1, -0.05) is 41.4 Å². The summed E-state index contributed by atoms with van der Waals surface area (Å²) in [5.41, 5.74) is 1.53. The van der Waals surface area contributed by atoms with Crippen molar-refractivity contribution in [3.63, 3.8) is 0 Å². The highest BCUT2D eigenvalue weighted by atomic mass is 35.5. The molecule has 25 heavy (non-hydrogen) atoms. The van der Waals surface area contributed by atoms with Crippen molar-refractivity contribution in [3.8, 4) is 0 Å². The van der Waals surface area contributed by atoms with E-state index in [1.54, 1.807) is 18.2 Å². The first-order valence-corrected chi connectivity index (χ1v) is 9.24. The average molecular weight is 398 g/mol. The van der Waals surface area contributed by atoms with Gasteiger partial charge in [-0.15, -0.1) is 11.8 Å². The van der Waals surface area contributed by atoms with Crippen LogP contribution in [0.3, 0.4) is 0 Å². The van der Waals surface area contributed by atoms with Gasteiger partial charge >= 0.3 is 5.97 Å². The van der Waals surface area contributed by atoms with Crippen molar-refractivity contribution in [2.24, 2.45) is 0 Å². The van der Waals surface area contributed by atoms with Gasteiger partial charge in [0.1, 0.15) is 0 Å². The molecule has 0 aromatic heterocycles. The highest BCUT2D eigenvalue weighted by Crippen LogP contribution is 2.23. The van der Waals surface area contributed by atoms with E-state index in [2.05, 4.69) is 5.32 Å². The number of anilines is 1. The summed E-state index contributed by atoms with van der Waals surface area (Å²) < 4.78 is 5.17. The number of hydrogen-bond acceptors (Lipinski definition) is 4. The van der Waals surface area contributed by atoms with Crippen molar-refractivity contribution in [3.05, 3.63) is 58.1 Å². The first kappa shape index (κ1) is 19.6. The van der Waals surface area contributed by atoms with Crippen molar-refractivity contribution >= 4 is 52.5 Å². The summed E-state index contributed by atoms with van der Waals surface area (Å²) >= 11 is 13.1. The minimum Gasteiger partial charge on any atom is -0.452 e. The molecule has 0 aliphatic heterocycles. The van der Waals surface area contributed by atoms with Gasteiger partial charge in [0.05, 0.1) is 5.75 Å². The lowest BCUT2D eigenvalue weighted by Crippen LogP contribution is -2.30. The van der Waals surface area contributed by atoms with Crippen LogP contribution in [0.5, 0.6) is 0 Å². The molecule has 2 aromatic rings. The number of carbonyl (C=O) groups excluding carboxylic acids is 2. The average Bonchev–Trinajstić information content (AvgIpc) is 2.53. The van der Waals surface area contributed by atoms with E-state index in [1.165, 1.54) is 18.7 Å². The molecule has 0 fully saturated rings. The Morgan fingerprint density at radius 3 is 2.44 bits per heavy atom. The third-order valence-electron chi connectivity index (χ3n) is 3.25. The third kappa shape index (κ3) is 6.27. The number of hydrogen-bond donors (Lipinski definition) is 1. The lowest BCUT2D eigenvalue weighted by molar-refractivity contribution is -0.150. The second kappa shape index (κ2) is 9.13. The van der Waals surface area contributed by atoms with Crippen LogP contribution < -0.4 is 5.32 Å². The number of carbonyl (C=O) groups is 2. The van der Waals surface area contributed by atoms with Gasteiger partial charge in [0.25, 0.3) is 5.91 Å². The standard InChI is InChI=1S/C18H17Cl2NO3S/c1-11-5-3-4-6-16(11)25-10-17(22)24-12(2)18(23)21-15-8-13(19)7-14(20)9-15/h3-9,12H,10H2,1-2H3,(H,21,23)/t12-/m0/s1. The highest BCUT2D eigenvalue weighted by molar-refractivity contribution is 8.00. The second-order valence-corrected chi connectivity index (χ2v) is 7.22. The predicted molar refractivity (Wildman–Crippen MR) is 103 cm³/mol. The highest BCUT2D eigenvalue weighted by Gasteiger charge is 2.18. The molecular weight excluding hydrogens is 381 g/mol. The number of esters is 1. The van der Waals surface area contributed by atoms with Crippen LogP contribution in [-0.4, -0.2) is 23.7 Å². The number of ether oxygens (including phenoxy) is 1. The van der Waals surface area contributed by atoms with E-state index >= 15 is 0 Å². The molecule has 1 N–H and O–H groups in total.